The first-order valence-corrected chi connectivity index (χ1v) is 7.55. The van der Waals surface area contributed by atoms with Gasteiger partial charge in [0.15, 0.2) is 0 Å². The fraction of sp³-hybridized carbons (Fsp3) is 0.158. The highest BCUT2D eigenvalue weighted by Gasteiger charge is 2.18. The third-order valence-electron chi connectivity index (χ3n) is 3.87. The number of aromatic nitrogens is 1. The molecule has 0 radical (unpaired) electrons. The van der Waals surface area contributed by atoms with Crippen molar-refractivity contribution in [3.05, 3.63) is 71.9 Å². The van der Waals surface area contributed by atoms with E-state index in [1.54, 1.807) is 16.7 Å². The van der Waals surface area contributed by atoms with Gasteiger partial charge >= 0.3 is 0 Å². The van der Waals surface area contributed by atoms with Crippen molar-refractivity contribution in [3.63, 3.8) is 0 Å². The second-order valence-electron chi connectivity index (χ2n) is 5.56. The molecular weight excluding hydrogens is 288 g/mol. The molecule has 1 aromatic heterocycles. The Hall–Kier alpha value is -2.88. The molecule has 4 nitrogen and oxygen atoms in total. The van der Waals surface area contributed by atoms with Crippen molar-refractivity contribution in [2.24, 2.45) is 0 Å². The predicted octanol–water partition coefficient (Wildman–Crippen LogP) is 3.53. The van der Waals surface area contributed by atoms with E-state index in [9.17, 15) is 9.59 Å². The number of hydrogen-bond donors (Lipinski definition) is 1. The van der Waals surface area contributed by atoms with Crippen LogP contribution in [0.2, 0.25) is 0 Å². The van der Waals surface area contributed by atoms with E-state index in [-0.39, 0.29) is 17.9 Å². The monoisotopic (exact) mass is 306 g/mol. The average Bonchev–Trinajstić information content (AvgIpc) is 2.94. The van der Waals surface area contributed by atoms with Crippen molar-refractivity contribution in [1.29, 1.82) is 0 Å². The topological polar surface area (TPSA) is 51.1 Å². The Kier molecular flexibility index (Phi) is 3.98. The number of nitrogens with one attached hydrogen (secondary N) is 1. The number of para-hydroxylation sites is 1. The fourth-order valence-corrected chi connectivity index (χ4v) is 2.82. The molecule has 0 saturated heterocycles. The number of amides is 1. The summed E-state index contributed by atoms with van der Waals surface area (Å²) in [5.74, 6) is -0.174. The van der Waals surface area contributed by atoms with Gasteiger partial charge in [-0.1, -0.05) is 36.4 Å². The molecule has 0 bridgehead atoms. The number of fused-ring (bicyclic) bond motifs is 1. The number of carbonyl (C=O) groups excluding carboxylic acids is 2. The minimum Gasteiger partial charge on any atom is -0.350 e. The number of nitrogens with zero attached hydrogens (tertiary/aromatic N) is 1. The maximum Gasteiger partial charge on any atom is 0.262 e. The predicted molar refractivity (Wildman–Crippen MR) is 90.3 cm³/mol. The van der Waals surface area contributed by atoms with Crippen LogP contribution in [0.4, 0.5) is 0 Å². The zero-order valence-corrected chi connectivity index (χ0v) is 13.1. The SMILES string of the molecule is CC(=O)NC(C)c1cn(C(=O)c2ccccc2)c2ccccc12. The first kappa shape index (κ1) is 15.0. The van der Waals surface area contributed by atoms with Gasteiger partial charge in [0.05, 0.1) is 11.6 Å². The molecule has 2 aromatic carbocycles. The summed E-state index contributed by atoms with van der Waals surface area (Å²) in [5.41, 5.74) is 2.40. The highest BCUT2D eigenvalue weighted by molar-refractivity contribution is 6.03. The largest absolute Gasteiger partial charge is 0.350 e. The molecule has 0 spiro atoms. The minimum atomic E-state index is -0.165. The molecule has 3 rings (SSSR count). The van der Waals surface area contributed by atoms with Crippen molar-refractivity contribution in [2.45, 2.75) is 19.9 Å². The summed E-state index contributed by atoms with van der Waals surface area (Å²) >= 11 is 0. The normalized spacial score (nSPS) is 12.1. The lowest BCUT2D eigenvalue weighted by Gasteiger charge is -2.11. The van der Waals surface area contributed by atoms with Crippen molar-refractivity contribution in [1.82, 2.24) is 9.88 Å². The van der Waals surface area contributed by atoms with E-state index in [2.05, 4.69) is 5.32 Å². The first-order valence-electron chi connectivity index (χ1n) is 7.55. The smallest absolute Gasteiger partial charge is 0.262 e. The van der Waals surface area contributed by atoms with E-state index in [1.165, 1.54) is 6.92 Å². The average molecular weight is 306 g/mol. The number of rotatable bonds is 3. The van der Waals surface area contributed by atoms with Crippen LogP contribution in [0.1, 0.15) is 35.8 Å². The Morgan fingerprint density at radius 3 is 2.35 bits per heavy atom. The van der Waals surface area contributed by atoms with Crippen molar-refractivity contribution in [3.8, 4) is 0 Å². The Bertz CT molecular complexity index is 865. The standard InChI is InChI=1S/C19H18N2O2/c1-13(20-14(2)22)17-12-21(18-11-7-6-10-16(17)18)19(23)15-8-4-3-5-9-15/h3-13H,1-2H3,(H,20,22). The van der Waals surface area contributed by atoms with Gasteiger partial charge in [-0.25, -0.2) is 0 Å². The van der Waals surface area contributed by atoms with Gasteiger partial charge < -0.3 is 5.32 Å². The molecule has 1 heterocycles. The maximum atomic E-state index is 12.8. The van der Waals surface area contributed by atoms with Gasteiger partial charge in [-0.2, -0.15) is 0 Å². The molecule has 0 aliphatic carbocycles. The first-order chi connectivity index (χ1) is 11.1. The lowest BCUT2D eigenvalue weighted by molar-refractivity contribution is -0.119. The molecule has 3 aromatic rings. The van der Waals surface area contributed by atoms with Gasteiger partial charge in [-0.05, 0) is 25.1 Å². The Morgan fingerprint density at radius 2 is 1.65 bits per heavy atom. The molecule has 116 valence electrons. The van der Waals surface area contributed by atoms with Crippen LogP contribution >= 0.6 is 0 Å². The van der Waals surface area contributed by atoms with Gasteiger partial charge in [0, 0.05) is 29.6 Å². The lowest BCUT2D eigenvalue weighted by atomic mass is 10.1. The maximum absolute atomic E-state index is 12.8. The Balaban J connectivity index is 2.11. The third kappa shape index (κ3) is 2.88. The quantitative estimate of drug-likeness (QED) is 0.805. The molecular formula is C19H18N2O2. The van der Waals surface area contributed by atoms with E-state index in [0.29, 0.717) is 5.56 Å². The molecule has 0 fully saturated rings. The molecule has 0 aliphatic heterocycles. The van der Waals surface area contributed by atoms with Gasteiger partial charge in [0.2, 0.25) is 5.91 Å². The van der Waals surface area contributed by atoms with E-state index in [4.69, 9.17) is 0 Å². The van der Waals surface area contributed by atoms with Crippen LogP contribution < -0.4 is 5.32 Å². The third-order valence-corrected chi connectivity index (χ3v) is 3.87. The molecule has 0 aliphatic rings. The van der Waals surface area contributed by atoms with E-state index in [1.807, 2.05) is 55.6 Å². The zero-order chi connectivity index (χ0) is 16.4. The summed E-state index contributed by atoms with van der Waals surface area (Å²) in [5, 5.41) is 3.85. The summed E-state index contributed by atoms with van der Waals surface area (Å²) in [6.45, 7) is 3.41. The van der Waals surface area contributed by atoms with Gasteiger partial charge in [0.1, 0.15) is 0 Å². The Labute approximate surface area is 134 Å². The highest BCUT2D eigenvalue weighted by Crippen LogP contribution is 2.27. The highest BCUT2D eigenvalue weighted by atomic mass is 16.2. The van der Waals surface area contributed by atoms with E-state index < -0.39 is 0 Å². The van der Waals surface area contributed by atoms with Crippen molar-refractivity contribution >= 4 is 22.7 Å². The molecule has 1 N–H and O–H groups in total. The molecule has 4 heteroatoms. The van der Waals surface area contributed by atoms with E-state index in [0.717, 1.165) is 16.5 Å². The van der Waals surface area contributed by atoms with Crippen LogP contribution in [0, 0.1) is 0 Å². The van der Waals surface area contributed by atoms with Gasteiger partial charge in [-0.15, -0.1) is 0 Å². The zero-order valence-electron chi connectivity index (χ0n) is 13.1. The van der Waals surface area contributed by atoms with Crippen molar-refractivity contribution in [2.75, 3.05) is 0 Å². The number of carbonyl (C=O) groups is 2. The summed E-state index contributed by atoms with van der Waals surface area (Å²) in [6.07, 6.45) is 1.82. The van der Waals surface area contributed by atoms with Crippen LogP contribution in [0.25, 0.3) is 10.9 Å². The number of hydrogen-bond acceptors (Lipinski definition) is 2. The molecule has 1 amide bonds. The summed E-state index contributed by atoms with van der Waals surface area (Å²) in [7, 11) is 0. The fourth-order valence-electron chi connectivity index (χ4n) is 2.82. The van der Waals surface area contributed by atoms with Crippen LogP contribution in [0.3, 0.4) is 0 Å². The lowest BCUT2D eigenvalue weighted by Crippen LogP contribution is -2.23. The van der Waals surface area contributed by atoms with Crippen LogP contribution in [0.5, 0.6) is 0 Å². The van der Waals surface area contributed by atoms with Gasteiger partial charge in [-0.3, -0.25) is 14.2 Å². The Morgan fingerprint density at radius 1 is 1.00 bits per heavy atom. The number of benzene rings is 2. The van der Waals surface area contributed by atoms with Crippen LogP contribution in [0.15, 0.2) is 60.8 Å². The van der Waals surface area contributed by atoms with Crippen molar-refractivity contribution < 1.29 is 9.59 Å². The second kappa shape index (κ2) is 6.08. The molecule has 0 saturated carbocycles. The minimum absolute atomic E-state index is 0.0805. The molecule has 1 atom stereocenters. The van der Waals surface area contributed by atoms with Gasteiger partial charge in [0.25, 0.3) is 5.91 Å². The van der Waals surface area contributed by atoms with Crippen LogP contribution in [-0.4, -0.2) is 16.4 Å². The second-order valence-corrected chi connectivity index (χ2v) is 5.56. The van der Waals surface area contributed by atoms with E-state index >= 15 is 0 Å². The molecule has 23 heavy (non-hydrogen) atoms. The summed E-state index contributed by atoms with van der Waals surface area (Å²) in [4.78, 5) is 24.1. The summed E-state index contributed by atoms with van der Waals surface area (Å²) in [6, 6.07) is 16.7. The van der Waals surface area contributed by atoms with Crippen LogP contribution in [-0.2, 0) is 4.79 Å². The molecule has 1 unspecified atom stereocenters. The summed E-state index contributed by atoms with van der Waals surface area (Å²) < 4.78 is 1.65.